The lowest BCUT2D eigenvalue weighted by Gasteiger charge is -2.14. The first kappa shape index (κ1) is 21.1. The molecule has 3 amide bonds. The minimum Gasteiger partial charge on any atom is -0.493 e. The van der Waals surface area contributed by atoms with Gasteiger partial charge in [-0.3, -0.25) is 9.69 Å². The van der Waals surface area contributed by atoms with Gasteiger partial charge in [-0.15, -0.1) is 6.58 Å². The minimum absolute atomic E-state index is 0.131. The summed E-state index contributed by atoms with van der Waals surface area (Å²) in [6.07, 6.45) is 3.04. The fraction of sp³-hybridized carbons (Fsp3) is 0.136. The summed E-state index contributed by atoms with van der Waals surface area (Å²) in [5.74, 6) is 0.469. The number of hydrogen-bond donors (Lipinski definition) is 1. The molecule has 0 aromatic heterocycles. The number of carbonyl (C=O) groups is 2. The number of carbonyl (C=O) groups excluding carboxylic acids is 2. The molecule has 3 rings (SSSR count). The Kier molecular flexibility index (Phi) is 6.54. The van der Waals surface area contributed by atoms with Gasteiger partial charge in [0.25, 0.3) is 5.91 Å². The number of imide groups is 1. The van der Waals surface area contributed by atoms with Crippen molar-refractivity contribution >= 4 is 33.9 Å². The molecule has 1 fully saturated rings. The van der Waals surface area contributed by atoms with Crippen LogP contribution in [0.1, 0.15) is 16.7 Å². The first-order valence-electron chi connectivity index (χ1n) is 8.92. The lowest BCUT2D eigenvalue weighted by molar-refractivity contribution is -0.122. The topological polar surface area (TPSA) is 91.7 Å². The first-order chi connectivity index (χ1) is 14.5. The Labute approximate surface area is 182 Å². The molecule has 0 bridgehead atoms. The fourth-order valence-corrected chi connectivity index (χ4v) is 3.48. The summed E-state index contributed by atoms with van der Waals surface area (Å²) in [7, 11) is 1.50. The zero-order valence-electron chi connectivity index (χ0n) is 16.1. The van der Waals surface area contributed by atoms with Crippen LogP contribution in [0.3, 0.4) is 0 Å². The summed E-state index contributed by atoms with van der Waals surface area (Å²) >= 11 is 3.47. The second-order valence-electron chi connectivity index (χ2n) is 6.28. The Morgan fingerprint density at radius 1 is 1.30 bits per heavy atom. The zero-order chi connectivity index (χ0) is 21.7. The zero-order valence-corrected chi connectivity index (χ0v) is 17.7. The summed E-state index contributed by atoms with van der Waals surface area (Å²) in [6.45, 7) is 3.86. The Morgan fingerprint density at radius 3 is 2.77 bits per heavy atom. The predicted molar refractivity (Wildman–Crippen MR) is 115 cm³/mol. The molecule has 152 valence electrons. The van der Waals surface area contributed by atoms with Crippen molar-refractivity contribution in [1.82, 2.24) is 10.2 Å². The molecule has 0 saturated carbocycles. The second kappa shape index (κ2) is 9.29. The summed E-state index contributed by atoms with van der Waals surface area (Å²) in [5.41, 5.74) is 2.08. The van der Waals surface area contributed by atoms with Gasteiger partial charge < -0.3 is 14.8 Å². The van der Waals surface area contributed by atoms with Gasteiger partial charge in [-0.2, -0.15) is 5.26 Å². The Balaban J connectivity index is 1.86. The van der Waals surface area contributed by atoms with E-state index in [4.69, 9.17) is 9.47 Å². The summed E-state index contributed by atoms with van der Waals surface area (Å²) < 4.78 is 11.9. The monoisotopic (exact) mass is 467 g/mol. The van der Waals surface area contributed by atoms with Gasteiger partial charge in [0.05, 0.1) is 23.2 Å². The van der Waals surface area contributed by atoms with E-state index in [-0.39, 0.29) is 18.8 Å². The standard InChI is InChI=1S/C22H18BrN3O4/c1-3-8-26-21(27)18(25-22(26)28)10-14-9-17(23)20(19(11-14)29-2)30-13-16-7-5-4-6-15(16)12-24/h3-7,9-11H,1,8,13H2,2H3,(H,25,28). The van der Waals surface area contributed by atoms with Gasteiger partial charge in [0.1, 0.15) is 12.3 Å². The summed E-state index contributed by atoms with van der Waals surface area (Å²) in [4.78, 5) is 25.4. The van der Waals surface area contributed by atoms with Crippen LogP contribution in [0.15, 0.2) is 59.2 Å². The van der Waals surface area contributed by atoms with Crippen LogP contribution in [-0.2, 0) is 11.4 Å². The van der Waals surface area contributed by atoms with Crippen molar-refractivity contribution in [3.8, 4) is 17.6 Å². The van der Waals surface area contributed by atoms with Crippen molar-refractivity contribution in [2.45, 2.75) is 6.61 Å². The molecular formula is C22H18BrN3O4. The van der Waals surface area contributed by atoms with E-state index in [0.29, 0.717) is 27.1 Å². The number of hydrogen-bond acceptors (Lipinski definition) is 5. The molecule has 1 N–H and O–H groups in total. The van der Waals surface area contributed by atoms with Gasteiger partial charge >= 0.3 is 6.03 Å². The van der Waals surface area contributed by atoms with Crippen molar-refractivity contribution in [2.75, 3.05) is 13.7 Å². The number of halogens is 1. The van der Waals surface area contributed by atoms with Gasteiger partial charge in [-0.1, -0.05) is 24.3 Å². The molecule has 30 heavy (non-hydrogen) atoms. The highest BCUT2D eigenvalue weighted by atomic mass is 79.9. The smallest absolute Gasteiger partial charge is 0.329 e. The molecule has 1 aliphatic heterocycles. The number of methoxy groups -OCH3 is 1. The Bertz CT molecular complexity index is 1090. The van der Waals surface area contributed by atoms with Crippen LogP contribution in [0.5, 0.6) is 11.5 Å². The number of benzene rings is 2. The van der Waals surface area contributed by atoms with E-state index in [1.165, 1.54) is 13.2 Å². The van der Waals surface area contributed by atoms with Crippen LogP contribution in [0.4, 0.5) is 4.79 Å². The largest absolute Gasteiger partial charge is 0.493 e. The molecule has 0 atom stereocenters. The average molecular weight is 468 g/mol. The number of nitrogens with zero attached hydrogens (tertiary/aromatic N) is 2. The van der Waals surface area contributed by atoms with E-state index in [1.807, 2.05) is 12.1 Å². The first-order valence-corrected chi connectivity index (χ1v) is 9.71. The van der Waals surface area contributed by atoms with Gasteiger partial charge in [0, 0.05) is 12.1 Å². The number of urea groups is 1. The number of nitriles is 1. The van der Waals surface area contributed by atoms with Crippen LogP contribution in [0.25, 0.3) is 6.08 Å². The maximum Gasteiger partial charge on any atom is 0.329 e. The second-order valence-corrected chi connectivity index (χ2v) is 7.14. The quantitative estimate of drug-likeness (QED) is 0.377. The van der Waals surface area contributed by atoms with Gasteiger partial charge in [0.2, 0.25) is 0 Å². The Hall–Kier alpha value is -3.57. The normalized spacial score (nSPS) is 14.4. The predicted octanol–water partition coefficient (Wildman–Crippen LogP) is 3.99. The molecule has 0 unspecified atom stereocenters. The maximum absolute atomic E-state index is 12.4. The number of nitrogens with one attached hydrogen (secondary N) is 1. The van der Waals surface area contributed by atoms with E-state index >= 15 is 0 Å². The highest BCUT2D eigenvalue weighted by Crippen LogP contribution is 2.38. The van der Waals surface area contributed by atoms with E-state index in [9.17, 15) is 14.9 Å². The summed E-state index contributed by atoms with van der Waals surface area (Å²) in [5, 5.41) is 11.8. The van der Waals surface area contributed by atoms with Crippen LogP contribution in [0.2, 0.25) is 0 Å². The van der Waals surface area contributed by atoms with Gasteiger partial charge in [-0.25, -0.2) is 4.79 Å². The van der Waals surface area contributed by atoms with Gasteiger partial charge in [-0.05, 0) is 45.8 Å². The van der Waals surface area contributed by atoms with Crippen molar-refractivity contribution in [3.05, 3.63) is 75.9 Å². The molecule has 1 saturated heterocycles. The summed E-state index contributed by atoms with van der Waals surface area (Å²) in [6, 6.07) is 12.3. The Morgan fingerprint density at radius 2 is 2.07 bits per heavy atom. The van der Waals surface area contributed by atoms with Crippen molar-refractivity contribution in [2.24, 2.45) is 0 Å². The van der Waals surface area contributed by atoms with E-state index in [0.717, 1.165) is 10.5 Å². The van der Waals surface area contributed by atoms with E-state index in [2.05, 4.69) is 33.9 Å². The lowest BCUT2D eigenvalue weighted by Crippen LogP contribution is -2.30. The lowest BCUT2D eigenvalue weighted by atomic mass is 10.1. The molecule has 7 nitrogen and oxygen atoms in total. The molecule has 2 aromatic rings. The SMILES string of the molecule is C=CCN1C(=O)NC(=Cc2cc(Br)c(OCc3ccccc3C#N)c(OC)c2)C1=O. The minimum atomic E-state index is -0.492. The van der Waals surface area contributed by atoms with Crippen molar-refractivity contribution in [3.63, 3.8) is 0 Å². The van der Waals surface area contributed by atoms with Crippen molar-refractivity contribution in [1.29, 1.82) is 5.26 Å². The fourth-order valence-electron chi connectivity index (χ4n) is 2.90. The molecule has 8 heteroatoms. The molecule has 2 aromatic carbocycles. The third-order valence-corrected chi connectivity index (χ3v) is 4.94. The molecule has 0 spiro atoms. The molecule has 0 aliphatic carbocycles. The number of amides is 3. The molecule has 1 heterocycles. The van der Waals surface area contributed by atoms with Crippen LogP contribution >= 0.6 is 15.9 Å². The third kappa shape index (κ3) is 4.36. The number of ether oxygens (including phenoxy) is 2. The molecular weight excluding hydrogens is 450 g/mol. The van der Waals surface area contributed by atoms with Crippen LogP contribution in [0, 0.1) is 11.3 Å². The third-order valence-electron chi connectivity index (χ3n) is 4.35. The van der Waals surface area contributed by atoms with Crippen LogP contribution < -0.4 is 14.8 Å². The average Bonchev–Trinajstić information content (AvgIpc) is 3.00. The van der Waals surface area contributed by atoms with Crippen LogP contribution in [-0.4, -0.2) is 30.5 Å². The van der Waals surface area contributed by atoms with E-state index in [1.54, 1.807) is 30.3 Å². The highest BCUT2D eigenvalue weighted by molar-refractivity contribution is 9.10. The van der Waals surface area contributed by atoms with E-state index < -0.39 is 11.9 Å². The highest BCUT2D eigenvalue weighted by Gasteiger charge is 2.32. The molecule has 0 radical (unpaired) electrons. The van der Waals surface area contributed by atoms with Gasteiger partial charge in [0.15, 0.2) is 11.5 Å². The van der Waals surface area contributed by atoms with Crippen molar-refractivity contribution < 1.29 is 19.1 Å². The number of rotatable bonds is 7. The maximum atomic E-state index is 12.4. The molecule has 1 aliphatic rings.